The summed E-state index contributed by atoms with van der Waals surface area (Å²) in [4.78, 5) is 14.2. The topological polar surface area (TPSA) is 78.6 Å². The standard InChI is InChI=1S/C16H27N3O2/c1-12(2)19(8-4-10-20)9-7-16(21)18-15-11-14(17)6-5-13(15)3/h5-6,11-12,20H,4,7-10,17H2,1-3H3,(H,18,21). The van der Waals surface area contributed by atoms with E-state index in [1.807, 2.05) is 19.1 Å². The van der Waals surface area contributed by atoms with Gasteiger partial charge in [-0.2, -0.15) is 0 Å². The van der Waals surface area contributed by atoms with Crippen LogP contribution in [0.3, 0.4) is 0 Å². The molecule has 0 aromatic heterocycles. The molecule has 21 heavy (non-hydrogen) atoms. The van der Waals surface area contributed by atoms with Gasteiger partial charge in [-0.25, -0.2) is 0 Å². The Morgan fingerprint density at radius 3 is 2.71 bits per heavy atom. The van der Waals surface area contributed by atoms with Gasteiger partial charge in [0.1, 0.15) is 0 Å². The number of nitrogens with one attached hydrogen (secondary N) is 1. The largest absolute Gasteiger partial charge is 0.399 e. The van der Waals surface area contributed by atoms with Gasteiger partial charge in [-0.15, -0.1) is 0 Å². The van der Waals surface area contributed by atoms with Crippen LogP contribution in [0.25, 0.3) is 0 Å². The summed E-state index contributed by atoms with van der Waals surface area (Å²) >= 11 is 0. The van der Waals surface area contributed by atoms with Crippen molar-refractivity contribution in [3.8, 4) is 0 Å². The lowest BCUT2D eigenvalue weighted by Crippen LogP contribution is -2.35. The van der Waals surface area contributed by atoms with Crippen LogP contribution in [0.15, 0.2) is 18.2 Å². The third-order valence-electron chi connectivity index (χ3n) is 3.50. The number of aryl methyl sites for hydroxylation is 1. The lowest BCUT2D eigenvalue weighted by Gasteiger charge is -2.25. The Morgan fingerprint density at radius 2 is 2.10 bits per heavy atom. The average molecular weight is 293 g/mol. The summed E-state index contributed by atoms with van der Waals surface area (Å²) in [7, 11) is 0. The fraction of sp³-hybridized carbons (Fsp3) is 0.562. The van der Waals surface area contributed by atoms with Crippen molar-refractivity contribution in [2.75, 3.05) is 30.7 Å². The smallest absolute Gasteiger partial charge is 0.225 e. The highest BCUT2D eigenvalue weighted by molar-refractivity contribution is 5.92. The number of anilines is 2. The molecule has 5 nitrogen and oxygen atoms in total. The first-order valence-corrected chi connectivity index (χ1v) is 7.45. The molecule has 1 aromatic rings. The van der Waals surface area contributed by atoms with E-state index in [2.05, 4.69) is 24.1 Å². The van der Waals surface area contributed by atoms with Crippen molar-refractivity contribution < 1.29 is 9.90 Å². The van der Waals surface area contributed by atoms with E-state index in [0.29, 0.717) is 24.7 Å². The molecule has 4 N–H and O–H groups in total. The predicted molar refractivity (Wildman–Crippen MR) is 87.2 cm³/mol. The number of nitrogens with zero attached hydrogens (tertiary/aromatic N) is 1. The molecule has 0 radical (unpaired) electrons. The summed E-state index contributed by atoms with van der Waals surface area (Å²) in [5.41, 5.74) is 8.15. The molecule has 5 heteroatoms. The van der Waals surface area contributed by atoms with Crippen LogP contribution < -0.4 is 11.1 Å². The number of aliphatic hydroxyl groups excluding tert-OH is 1. The number of nitrogens with two attached hydrogens (primary N) is 1. The number of benzene rings is 1. The van der Waals surface area contributed by atoms with Gasteiger partial charge >= 0.3 is 0 Å². The van der Waals surface area contributed by atoms with Crippen LogP contribution >= 0.6 is 0 Å². The SMILES string of the molecule is Cc1ccc(N)cc1NC(=O)CCN(CCCO)C(C)C. The van der Waals surface area contributed by atoms with Crippen LogP contribution in [-0.2, 0) is 4.79 Å². The van der Waals surface area contributed by atoms with E-state index in [0.717, 1.165) is 24.2 Å². The highest BCUT2D eigenvalue weighted by atomic mass is 16.3. The van der Waals surface area contributed by atoms with Crippen molar-refractivity contribution >= 4 is 17.3 Å². The summed E-state index contributed by atoms with van der Waals surface area (Å²) in [6.45, 7) is 7.80. The third kappa shape index (κ3) is 6.14. The van der Waals surface area contributed by atoms with Gasteiger partial charge in [-0.1, -0.05) is 6.07 Å². The highest BCUT2D eigenvalue weighted by Crippen LogP contribution is 2.18. The third-order valence-corrected chi connectivity index (χ3v) is 3.50. The second-order valence-electron chi connectivity index (χ2n) is 5.58. The Labute approximate surface area is 127 Å². The zero-order valence-corrected chi connectivity index (χ0v) is 13.2. The van der Waals surface area contributed by atoms with Gasteiger partial charge in [0.25, 0.3) is 0 Å². The second kappa shape index (κ2) is 8.64. The molecule has 0 aliphatic carbocycles. The molecule has 1 aromatic carbocycles. The molecule has 0 unspecified atom stereocenters. The maximum absolute atomic E-state index is 12.0. The minimum absolute atomic E-state index is 0.0154. The van der Waals surface area contributed by atoms with Crippen LogP contribution in [0.1, 0.15) is 32.3 Å². The van der Waals surface area contributed by atoms with Crippen molar-refractivity contribution in [2.24, 2.45) is 0 Å². The molecule has 1 rings (SSSR count). The molecule has 0 bridgehead atoms. The van der Waals surface area contributed by atoms with Gasteiger partial charge < -0.3 is 21.1 Å². The minimum atomic E-state index is -0.0154. The van der Waals surface area contributed by atoms with Gasteiger partial charge in [0, 0.05) is 43.5 Å². The molecule has 118 valence electrons. The van der Waals surface area contributed by atoms with Crippen LogP contribution in [0.2, 0.25) is 0 Å². The fourth-order valence-corrected chi connectivity index (χ4v) is 2.13. The minimum Gasteiger partial charge on any atom is -0.399 e. The number of hydrogen-bond acceptors (Lipinski definition) is 4. The first-order valence-electron chi connectivity index (χ1n) is 7.45. The number of carbonyl (C=O) groups excluding carboxylic acids is 1. The van der Waals surface area contributed by atoms with Gasteiger partial charge in [0.15, 0.2) is 0 Å². The van der Waals surface area contributed by atoms with Crippen molar-refractivity contribution in [1.29, 1.82) is 0 Å². The van der Waals surface area contributed by atoms with E-state index < -0.39 is 0 Å². The van der Waals surface area contributed by atoms with Crippen LogP contribution in [0.4, 0.5) is 11.4 Å². The zero-order chi connectivity index (χ0) is 15.8. The lowest BCUT2D eigenvalue weighted by molar-refractivity contribution is -0.116. The molecule has 0 fully saturated rings. The van der Waals surface area contributed by atoms with Gasteiger partial charge in [-0.3, -0.25) is 4.79 Å². The van der Waals surface area contributed by atoms with E-state index >= 15 is 0 Å². The Bertz CT molecular complexity index is 461. The van der Waals surface area contributed by atoms with Crippen LogP contribution in [0.5, 0.6) is 0 Å². The molecule has 0 atom stereocenters. The molecular formula is C16H27N3O2. The van der Waals surface area contributed by atoms with Crippen LogP contribution in [-0.4, -0.2) is 41.7 Å². The second-order valence-corrected chi connectivity index (χ2v) is 5.58. The van der Waals surface area contributed by atoms with Crippen molar-refractivity contribution in [2.45, 2.75) is 39.7 Å². The van der Waals surface area contributed by atoms with Crippen LogP contribution in [0, 0.1) is 6.92 Å². The quantitative estimate of drug-likeness (QED) is 0.641. The predicted octanol–water partition coefficient (Wildman–Crippen LogP) is 2.00. The number of aliphatic hydroxyl groups is 1. The van der Waals surface area contributed by atoms with E-state index in [4.69, 9.17) is 10.8 Å². The first-order chi connectivity index (χ1) is 9.93. The molecule has 0 spiro atoms. The normalized spacial score (nSPS) is 11.1. The molecule has 0 aliphatic rings. The molecule has 0 saturated heterocycles. The Kier molecular flexibility index (Phi) is 7.19. The number of amides is 1. The summed E-state index contributed by atoms with van der Waals surface area (Å²) in [5.74, 6) is -0.0154. The van der Waals surface area contributed by atoms with E-state index in [1.54, 1.807) is 6.07 Å². The lowest BCUT2D eigenvalue weighted by atomic mass is 10.1. The number of nitrogen functional groups attached to an aromatic ring is 1. The highest BCUT2D eigenvalue weighted by Gasteiger charge is 2.12. The maximum Gasteiger partial charge on any atom is 0.225 e. The van der Waals surface area contributed by atoms with Gasteiger partial charge in [-0.05, 0) is 44.9 Å². The van der Waals surface area contributed by atoms with Crippen molar-refractivity contribution in [3.63, 3.8) is 0 Å². The Balaban J connectivity index is 2.50. The summed E-state index contributed by atoms with van der Waals surface area (Å²) in [6, 6.07) is 5.85. The van der Waals surface area contributed by atoms with Crippen molar-refractivity contribution in [1.82, 2.24) is 4.90 Å². The maximum atomic E-state index is 12.0. The molecule has 0 heterocycles. The van der Waals surface area contributed by atoms with E-state index in [9.17, 15) is 4.79 Å². The fourth-order valence-electron chi connectivity index (χ4n) is 2.13. The monoisotopic (exact) mass is 293 g/mol. The summed E-state index contributed by atoms with van der Waals surface area (Å²) < 4.78 is 0. The van der Waals surface area contributed by atoms with Crippen molar-refractivity contribution in [3.05, 3.63) is 23.8 Å². The summed E-state index contributed by atoms with van der Waals surface area (Å²) in [6.07, 6.45) is 1.16. The number of hydrogen-bond donors (Lipinski definition) is 3. The average Bonchev–Trinajstić information content (AvgIpc) is 2.42. The van der Waals surface area contributed by atoms with E-state index in [1.165, 1.54) is 0 Å². The summed E-state index contributed by atoms with van der Waals surface area (Å²) in [5, 5.41) is 11.8. The van der Waals surface area contributed by atoms with Gasteiger partial charge in [0.2, 0.25) is 5.91 Å². The van der Waals surface area contributed by atoms with Gasteiger partial charge in [0.05, 0.1) is 0 Å². The molecule has 0 saturated carbocycles. The Hall–Kier alpha value is -1.59. The molecule has 1 amide bonds. The Morgan fingerprint density at radius 1 is 1.38 bits per heavy atom. The number of rotatable bonds is 8. The van der Waals surface area contributed by atoms with E-state index in [-0.39, 0.29) is 12.5 Å². The first kappa shape index (κ1) is 17.5. The molecular weight excluding hydrogens is 266 g/mol. The number of carbonyl (C=O) groups is 1. The zero-order valence-electron chi connectivity index (χ0n) is 13.2. The molecule has 0 aliphatic heterocycles.